The minimum atomic E-state index is -0.243. The van der Waals surface area contributed by atoms with Crippen molar-refractivity contribution in [3.05, 3.63) is 71.8 Å². The molecule has 5 rings (SSSR count). The van der Waals surface area contributed by atoms with Crippen LogP contribution in [0.15, 0.2) is 60.7 Å². The van der Waals surface area contributed by atoms with Gasteiger partial charge in [-0.1, -0.05) is 48.5 Å². The highest BCUT2D eigenvalue weighted by Crippen LogP contribution is 2.32. The molecule has 2 aliphatic rings. The van der Waals surface area contributed by atoms with Crippen LogP contribution < -0.4 is 9.64 Å². The molecule has 0 unspecified atom stereocenters. The van der Waals surface area contributed by atoms with Crippen molar-refractivity contribution in [2.45, 2.75) is 32.1 Å². The predicted octanol–water partition coefficient (Wildman–Crippen LogP) is 5.18. The Balaban J connectivity index is 1.17. The van der Waals surface area contributed by atoms with Gasteiger partial charge in [0.25, 0.3) is 0 Å². The van der Waals surface area contributed by atoms with Crippen LogP contribution in [0.5, 0.6) is 5.75 Å². The Kier molecular flexibility index (Phi) is 4.99. The fourth-order valence-corrected chi connectivity index (χ4v) is 4.71. The molecule has 0 aliphatic carbocycles. The van der Waals surface area contributed by atoms with Crippen LogP contribution in [-0.4, -0.2) is 24.8 Å². The molecule has 0 spiro atoms. The summed E-state index contributed by atoms with van der Waals surface area (Å²) in [6.45, 7) is 2.06. The molecule has 2 heterocycles. The van der Waals surface area contributed by atoms with E-state index in [2.05, 4.69) is 47.4 Å². The molecule has 3 aromatic carbocycles. The summed E-state index contributed by atoms with van der Waals surface area (Å²) in [6.07, 6.45) is 3.99. The van der Waals surface area contributed by atoms with Crippen molar-refractivity contribution in [2.24, 2.45) is 5.92 Å². The number of nitrogens with zero attached hydrogens (tertiary/aromatic N) is 1. The number of rotatable bonds is 5. The molecule has 0 bridgehead atoms. The molecular weight excluding hydrogens is 374 g/mol. The highest BCUT2D eigenvalue weighted by atomic mass is 16.5. The van der Waals surface area contributed by atoms with Gasteiger partial charge in [0.2, 0.25) is 0 Å². The number of carbonyl (C=O) groups is 2. The first-order chi connectivity index (χ1) is 14.7. The van der Waals surface area contributed by atoms with Crippen LogP contribution in [-0.2, 0) is 11.2 Å². The summed E-state index contributed by atoms with van der Waals surface area (Å²) >= 11 is 0. The predicted molar refractivity (Wildman–Crippen MR) is 118 cm³/mol. The summed E-state index contributed by atoms with van der Waals surface area (Å²) < 4.78 is 5.18. The van der Waals surface area contributed by atoms with Crippen molar-refractivity contribution in [2.75, 3.05) is 18.0 Å². The Hall–Kier alpha value is -3.14. The second-order valence-electron chi connectivity index (χ2n) is 8.36. The first kappa shape index (κ1) is 18.9. The maximum absolute atomic E-state index is 12.7. The molecule has 30 heavy (non-hydrogen) atoms. The SMILES string of the molecule is O=C1Cc2ccc(C(=O)CCC3CCN(c4cccc5ccccc45)CC3)cc2O1. The van der Waals surface area contributed by atoms with E-state index in [1.807, 2.05) is 12.1 Å². The molecular formula is C26H25NO3. The smallest absolute Gasteiger partial charge is 0.315 e. The van der Waals surface area contributed by atoms with Crippen LogP contribution >= 0.6 is 0 Å². The maximum atomic E-state index is 12.7. The molecule has 1 saturated heterocycles. The number of ether oxygens (including phenoxy) is 1. The van der Waals surface area contributed by atoms with Gasteiger partial charge >= 0.3 is 5.97 Å². The Morgan fingerprint density at radius 2 is 1.80 bits per heavy atom. The average Bonchev–Trinajstić information content (AvgIpc) is 3.16. The summed E-state index contributed by atoms with van der Waals surface area (Å²) in [5.41, 5.74) is 2.84. The number of piperidine rings is 1. The standard InChI is InChI=1S/C26H25NO3/c28-24(20-9-10-21-17-26(29)30-25(21)16-20)11-8-18-12-14-27(15-13-18)23-7-3-5-19-4-1-2-6-22(19)23/h1-7,9-10,16,18H,8,11-15,17H2. The molecule has 152 valence electrons. The number of hydrogen-bond acceptors (Lipinski definition) is 4. The summed E-state index contributed by atoms with van der Waals surface area (Å²) in [6, 6.07) is 20.5. The Labute approximate surface area is 176 Å². The van der Waals surface area contributed by atoms with Crippen molar-refractivity contribution >= 4 is 28.2 Å². The van der Waals surface area contributed by atoms with Gasteiger partial charge in [-0.05, 0) is 42.7 Å². The lowest BCUT2D eigenvalue weighted by Crippen LogP contribution is -2.33. The number of benzene rings is 3. The van der Waals surface area contributed by atoms with E-state index in [-0.39, 0.29) is 11.8 Å². The zero-order valence-electron chi connectivity index (χ0n) is 17.0. The molecule has 1 fully saturated rings. The van der Waals surface area contributed by atoms with Crippen LogP contribution in [0.2, 0.25) is 0 Å². The molecule has 4 heteroatoms. The van der Waals surface area contributed by atoms with E-state index in [4.69, 9.17) is 4.74 Å². The van der Waals surface area contributed by atoms with E-state index in [0.717, 1.165) is 37.9 Å². The van der Waals surface area contributed by atoms with Crippen LogP contribution in [0.25, 0.3) is 10.8 Å². The van der Waals surface area contributed by atoms with Crippen molar-refractivity contribution in [3.8, 4) is 5.75 Å². The van der Waals surface area contributed by atoms with Crippen LogP contribution in [0.1, 0.15) is 41.6 Å². The van der Waals surface area contributed by atoms with E-state index in [9.17, 15) is 9.59 Å². The summed E-state index contributed by atoms with van der Waals surface area (Å²) in [5, 5.41) is 2.59. The third-order valence-corrected chi connectivity index (χ3v) is 6.45. The van der Waals surface area contributed by atoms with Gasteiger partial charge in [0.15, 0.2) is 5.78 Å². The largest absolute Gasteiger partial charge is 0.426 e. The van der Waals surface area contributed by atoms with Crippen molar-refractivity contribution in [1.82, 2.24) is 0 Å². The van der Waals surface area contributed by atoms with E-state index in [0.29, 0.717) is 30.1 Å². The summed E-state index contributed by atoms with van der Waals surface area (Å²) in [7, 11) is 0. The highest BCUT2D eigenvalue weighted by Gasteiger charge is 2.23. The zero-order chi connectivity index (χ0) is 20.5. The average molecular weight is 399 g/mol. The minimum absolute atomic E-state index is 0.136. The summed E-state index contributed by atoms with van der Waals surface area (Å²) in [4.78, 5) is 26.5. The third-order valence-electron chi connectivity index (χ3n) is 6.45. The minimum Gasteiger partial charge on any atom is -0.426 e. The summed E-state index contributed by atoms with van der Waals surface area (Å²) in [5.74, 6) is 1.02. The number of hydrogen-bond donors (Lipinski definition) is 0. The maximum Gasteiger partial charge on any atom is 0.315 e. The first-order valence-electron chi connectivity index (χ1n) is 10.8. The fourth-order valence-electron chi connectivity index (χ4n) is 4.71. The van der Waals surface area contributed by atoms with Gasteiger partial charge in [-0.2, -0.15) is 0 Å². The number of ketones is 1. The molecule has 0 radical (unpaired) electrons. The molecule has 0 atom stereocenters. The van der Waals surface area contributed by atoms with E-state index < -0.39 is 0 Å². The molecule has 0 aromatic heterocycles. The van der Waals surface area contributed by atoms with Gasteiger partial charge in [0.1, 0.15) is 5.75 Å². The molecule has 0 amide bonds. The molecule has 2 aliphatic heterocycles. The van der Waals surface area contributed by atoms with Gasteiger partial charge in [0.05, 0.1) is 6.42 Å². The molecule has 0 saturated carbocycles. The van der Waals surface area contributed by atoms with Gasteiger partial charge in [-0.25, -0.2) is 0 Å². The van der Waals surface area contributed by atoms with Crippen molar-refractivity contribution in [3.63, 3.8) is 0 Å². The van der Waals surface area contributed by atoms with E-state index in [1.54, 1.807) is 6.07 Å². The fraction of sp³-hybridized carbons (Fsp3) is 0.308. The molecule has 3 aromatic rings. The topological polar surface area (TPSA) is 46.6 Å². The van der Waals surface area contributed by atoms with Gasteiger partial charge in [-0.15, -0.1) is 0 Å². The van der Waals surface area contributed by atoms with Crippen molar-refractivity contribution in [1.29, 1.82) is 0 Å². The second-order valence-corrected chi connectivity index (χ2v) is 8.36. The Morgan fingerprint density at radius 1 is 1.00 bits per heavy atom. The molecule has 0 N–H and O–H groups in total. The van der Waals surface area contributed by atoms with Gasteiger partial charge in [0, 0.05) is 41.7 Å². The van der Waals surface area contributed by atoms with Crippen LogP contribution in [0.3, 0.4) is 0 Å². The number of Topliss-reactive ketones (excluding diaryl/α,β-unsaturated/α-hetero) is 1. The third kappa shape index (κ3) is 3.70. The van der Waals surface area contributed by atoms with Crippen molar-refractivity contribution < 1.29 is 14.3 Å². The highest BCUT2D eigenvalue weighted by molar-refractivity contribution is 5.97. The lowest BCUT2D eigenvalue weighted by atomic mass is 9.89. The Morgan fingerprint density at radius 3 is 2.67 bits per heavy atom. The number of anilines is 1. The van der Waals surface area contributed by atoms with Gasteiger partial charge in [-0.3, -0.25) is 9.59 Å². The Bertz CT molecular complexity index is 1110. The number of esters is 1. The number of fused-ring (bicyclic) bond motifs is 2. The van der Waals surface area contributed by atoms with Gasteiger partial charge < -0.3 is 9.64 Å². The lowest BCUT2D eigenvalue weighted by molar-refractivity contribution is -0.131. The second kappa shape index (κ2) is 7.94. The lowest BCUT2D eigenvalue weighted by Gasteiger charge is -2.34. The van der Waals surface area contributed by atoms with E-state index >= 15 is 0 Å². The quantitative estimate of drug-likeness (QED) is 0.337. The van der Waals surface area contributed by atoms with E-state index in [1.165, 1.54) is 16.5 Å². The molecule has 4 nitrogen and oxygen atoms in total. The first-order valence-corrected chi connectivity index (χ1v) is 10.8. The number of carbonyl (C=O) groups excluding carboxylic acids is 2. The van der Waals surface area contributed by atoms with Crippen LogP contribution in [0, 0.1) is 5.92 Å². The van der Waals surface area contributed by atoms with Crippen LogP contribution in [0.4, 0.5) is 5.69 Å². The monoisotopic (exact) mass is 399 g/mol. The normalized spacial score (nSPS) is 16.5. The zero-order valence-corrected chi connectivity index (χ0v) is 17.0.